The van der Waals surface area contributed by atoms with Crippen LogP contribution in [0.1, 0.15) is 39.0 Å². The maximum Gasteiger partial charge on any atom is 0.214 e. The van der Waals surface area contributed by atoms with Crippen LogP contribution >= 0.6 is 0 Å². The predicted octanol–water partition coefficient (Wildman–Crippen LogP) is 1.35. The first kappa shape index (κ1) is 9.46. The molecule has 0 atom stereocenters. The van der Waals surface area contributed by atoms with Crippen LogP contribution in [0.3, 0.4) is 0 Å². The minimum atomic E-state index is -2.92. The first-order chi connectivity index (χ1) is 6.11. The molecule has 0 radical (unpaired) electrons. The van der Waals surface area contributed by atoms with Gasteiger partial charge in [-0.15, -0.1) is 0 Å². The van der Waals surface area contributed by atoms with E-state index in [0.29, 0.717) is 0 Å². The lowest BCUT2D eigenvalue weighted by Crippen LogP contribution is -2.60. The van der Waals surface area contributed by atoms with Crippen molar-refractivity contribution in [1.82, 2.24) is 4.31 Å². The van der Waals surface area contributed by atoms with Gasteiger partial charge in [0.1, 0.15) is 0 Å². The third kappa shape index (κ3) is 1.31. The van der Waals surface area contributed by atoms with Gasteiger partial charge in [0.25, 0.3) is 0 Å². The van der Waals surface area contributed by atoms with E-state index in [1.165, 1.54) is 12.8 Å². The molecular weight excluding hydrogens is 186 g/mol. The van der Waals surface area contributed by atoms with Crippen LogP contribution in [-0.2, 0) is 10.0 Å². The molecule has 76 valence electrons. The highest BCUT2D eigenvalue weighted by Gasteiger charge is 2.51. The molecule has 0 aromatic rings. The highest BCUT2D eigenvalue weighted by molar-refractivity contribution is 7.89. The Labute approximate surface area is 80.2 Å². The largest absolute Gasteiger partial charge is 0.214 e. The Bertz CT molecular complexity index is 291. The van der Waals surface area contributed by atoms with E-state index < -0.39 is 10.0 Å². The molecule has 1 heterocycles. The Hall–Kier alpha value is -0.0900. The summed E-state index contributed by atoms with van der Waals surface area (Å²) in [5, 5.41) is 0. The summed E-state index contributed by atoms with van der Waals surface area (Å²) in [6, 6.07) is 0. The number of hydrogen-bond acceptors (Lipinski definition) is 2. The summed E-state index contributed by atoms with van der Waals surface area (Å²) in [5.74, 6) is 0.259. The van der Waals surface area contributed by atoms with Gasteiger partial charge in [-0.2, -0.15) is 4.31 Å². The number of rotatable bonds is 2. The molecule has 3 nitrogen and oxygen atoms in total. The minimum Gasteiger partial charge on any atom is -0.212 e. The normalized spacial score (nSPS) is 27.8. The molecule has 1 saturated heterocycles. The Kier molecular flexibility index (Phi) is 2.15. The van der Waals surface area contributed by atoms with Gasteiger partial charge in [0, 0.05) is 12.1 Å². The molecule has 0 aromatic carbocycles. The van der Waals surface area contributed by atoms with Gasteiger partial charge in [-0.05, 0) is 26.2 Å². The molecule has 0 aromatic heterocycles. The minimum absolute atomic E-state index is 0.0643. The van der Waals surface area contributed by atoms with Crippen LogP contribution in [0.25, 0.3) is 0 Å². The van der Waals surface area contributed by atoms with Crippen LogP contribution < -0.4 is 0 Å². The van der Waals surface area contributed by atoms with Crippen LogP contribution in [0, 0.1) is 0 Å². The Morgan fingerprint density at radius 3 is 2.23 bits per heavy atom. The van der Waals surface area contributed by atoms with Crippen molar-refractivity contribution in [3.05, 3.63) is 0 Å². The molecule has 2 fully saturated rings. The summed E-state index contributed by atoms with van der Waals surface area (Å²) in [7, 11) is -2.92. The van der Waals surface area contributed by atoms with Crippen molar-refractivity contribution in [3.63, 3.8) is 0 Å². The molecule has 2 rings (SSSR count). The van der Waals surface area contributed by atoms with E-state index in [-0.39, 0.29) is 11.3 Å². The lowest BCUT2D eigenvalue weighted by molar-refractivity contribution is 0.0784. The summed E-state index contributed by atoms with van der Waals surface area (Å²) >= 11 is 0. The van der Waals surface area contributed by atoms with Gasteiger partial charge in [0.05, 0.1) is 5.75 Å². The molecule has 4 heteroatoms. The van der Waals surface area contributed by atoms with E-state index in [2.05, 4.69) is 0 Å². The first-order valence-electron chi connectivity index (χ1n) is 5.11. The first-order valence-corrected chi connectivity index (χ1v) is 6.72. The van der Waals surface area contributed by atoms with Crippen molar-refractivity contribution in [2.24, 2.45) is 0 Å². The van der Waals surface area contributed by atoms with E-state index >= 15 is 0 Å². The monoisotopic (exact) mass is 203 g/mol. The average molecular weight is 203 g/mol. The number of hydrogen-bond donors (Lipinski definition) is 0. The van der Waals surface area contributed by atoms with Crippen molar-refractivity contribution < 1.29 is 8.42 Å². The van der Waals surface area contributed by atoms with Gasteiger partial charge < -0.3 is 0 Å². The van der Waals surface area contributed by atoms with E-state index in [1.807, 2.05) is 0 Å². The standard InChI is InChI=1S/C9H17NO2S/c1-2-13(11,12)10-8-7-9(10)5-3-4-6-9/h2-8H2,1H3. The van der Waals surface area contributed by atoms with E-state index in [4.69, 9.17) is 0 Å². The fourth-order valence-corrected chi connectivity index (χ4v) is 4.19. The highest BCUT2D eigenvalue weighted by Crippen LogP contribution is 2.46. The van der Waals surface area contributed by atoms with Gasteiger partial charge in [-0.25, -0.2) is 8.42 Å². The summed E-state index contributed by atoms with van der Waals surface area (Å²) < 4.78 is 25.1. The van der Waals surface area contributed by atoms with E-state index in [0.717, 1.165) is 25.8 Å². The fraction of sp³-hybridized carbons (Fsp3) is 1.00. The Morgan fingerprint density at radius 2 is 1.85 bits per heavy atom. The fourth-order valence-electron chi connectivity index (χ4n) is 2.64. The van der Waals surface area contributed by atoms with Crippen molar-refractivity contribution in [2.75, 3.05) is 12.3 Å². The molecule has 13 heavy (non-hydrogen) atoms. The molecule has 1 saturated carbocycles. The van der Waals surface area contributed by atoms with Gasteiger partial charge in [-0.1, -0.05) is 12.8 Å². The maximum absolute atomic E-state index is 11.7. The second-order valence-electron chi connectivity index (χ2n) is 4.15. The smallest absolute Gasteiger partial charge is 0.212 e. The van der Waals surface area contributed by atoms with Gasteiger partial charge in [-0.3, -0.25) is 0 Å². The third-order valence-electron chi connectivity index (χ3n) is 3.54. The van der Waals surface area contributed by atoms with Crippen molar-refractivity contribution >= 4 is 10.0 Å². The maximum atomic E-state index is 11.7. The predicted molar refractivity (Wildman–Crippen MR) is 52.0 cm³/mol. The molecule has 0 amide bonds. The molecule has 1 spiro atoms. The number of nitrogens with zero attached hydrogens (tertiary/aromatic N) is 1. The zero-order valence-corrected chi connectivity index (χ0v) is 8.94. The summed E-state index contributed by atoms with van der Waals surface area (Å²) in [6.45, 7) is 2.49. The van der Waals surface area contributed by atoms with Crippen LogP contribution in [-0.4, -0.2) is 30.6 Å². The van der Waals surface area contributed by atoms with Gasteiger partial charge in [0.15, 0.2) is 0 Å². The van der Waals surface area contributed by atoms with Crippen molar-refractivity contribution in [1.29, 1.82) is 0 Å². The van der Waals surface area contributed by atoms with Crippen LogP contribution in [0.15, 0.2) is 0 Å². The quantitative estimate of drug-likeness (QED) is 0.679. The molecule has 1 aliphatic carbocycles. The highest BCUT2D eigenvalue weighted by atomic mass is 32.2. The van der Waals surface area contributed by atoms with E-state index in [9.17, 15) is 8.42 Å². The third-order valence-corrected chi connectivity index (χ3v) is 5.52. The summed E-state index contributed by atoms with van der Waals surface area (Å²) in [4.78, 5) is 0. The molecule has 0 bridgehead atoms. The lowest BCUT2D eigenvalue weighted by Gasteiger charge is -2.49. The van der Waals surface area contributed by atoms with Crippen LogP contribution in [0.4, 0.5) is 0 Å². The summed E-state index contributed by atoms with van der Waals surface area (Å²) in [5.41, 5.74) is 0.0643. The zero-order chi connectivity index (χ0) is 9.53. The Balaban J connectivity index is 2.18. The summed E-state index contributed by atoms with van der Waals surface area (Å²) in [6.07, 6.45) is 5.68. The number of sulfonamides is 1. The average Bonchev–Trinajstić information content (AvgIpc) is 2.51. The van der Waals surface area contributed by atoms with Gasteiger partial charge >= 0.3 is 0 Å². The van der Waals surface area contributed by atoms with Crippen molar-refractivity contribution in [3.8, 4) is 0 Å². The topological polar surface area (TPSA) is 37.4 Å². The van der Waals surface area contributed by atoms with Crippen LogP contribution in [0.5, 0.6) is 0 Å². The molecular formula is C9H17NO2S. The second kappa shape index (κ2) is 2.95. The second-order valence-corrected chi connectivity index (χ2v) is 6.34. The SMILES string of the molecule is CCS(=O)(=O)N1CCC12CCCC2. The molecule has 0 unspecified atom stereocenters. The van der Waals surface area contributed by atoms with Crippen molar-refractivity contribution in [2.45, 2.75) is 44.6 Å². The molecule has 2 aliphatic rings. The lowest BCUT2D eigenvalue weighted by atomic mass is 9.86. The Morgan fingerprint density at radius 1 is 1.23 bits per heavy atom. The molecule has 1 aliphatic heterocycles. The van der Waals surface area contributed by atoms with E-state index in [1.54, 1.807) is 11.2 Å². The van der Waals surface area contributed by atoms with Crippen LogP contribution in [0.2, 0.25) is 0 Å². The zero-order valence-electron chi connectivity index (χ0n) is 8.12. The molecule has 0 N–H and O–H groups in total. The van der Waals surface area contributed by atoms with Gasteiger partial charge in [0.2, 0.25) is 10.0 Å².